The molecule has 0 aliphatic heterocycles. The highest BCUT2D eigenvalue weighted by Crippen LogP contribution is 2.17. The first kappa shape index (κ1) is 10.3. The number of aryl methyl sites for hydroxylation is 1. The standard InChI is InChI=1S/C10H19N3/c1-4-6-9(11-3)10-7-8-12-13(10)5-2/h7-9,11H,4-6H2,1-3H3. The minimum atomic E-state index is 0.451. The van der Waals surface area contributed by atoms with Crippen molar-refractivity contribution in [3.8, 4) is 0 Å². The molecule has 1 rings (SSSR count). The van der Waals surface area contributed by atoms with Crippen LogP contribution in [-0.4, -0.2) is 16.8 Å². The molecule has 0 aromatic carbocycles. The fourth-order valence-electron chi connectivity index (χ4n) is 1.63. The van der Waals surface area contributed by atoms with Gasteiger partial charge in [0.15, 0.2) is 0 Å². The van der Waals surface area contributed by atoms with Crippen LogP contribution in [0.2, 0.25) is 0 Å². The Bertz CT molecular complexity index is 242. The van der Waals surface area contributed by atoms with Gasteiger partial charge in [-0.25, -0.2) is 0 Å². The molecule has 0 spiro atoms. The van der Waals surface area contributed by atoms with Crippen molar-refractivity contribution in [1.82, 2.24) is 15.1 Å². The van der Waals surface area contributed by atoms with Gasteiger partial charge in [0.25, 0.3) is 0 Å². The lowest BCUT2D eigenvalue weighted by molar-refractivity contribution is 0.484. The predicted molar refractivity (Wildman–Crippen MR) is 54.6 cm³/mol. The van der Waals surface area contributed by atoms with E-state index in [9.17, 15) is 0 Å². The third-order valence-electron chi connectivity index (χ3n) is 2.33. The first-order chi connectivity index (χ1) is 6.33. The molecule has 3 heteroatoms. The van der Waals surface area contributed by atoms with E-state index >= 15 is 0 Å². The van der Waals surface area contributed by atoms with Crippen LogP contribution in [0.4, 0.5) is 0 Å². The van der Waals surface area contributed by atoms with E-state index in [0.29, 0.717) is 6.04 Å². The van der Waals surface area contributed by atoms with Gasteiger partial charge in [0.1, 0.15) is 0 Å². The summed E-state index contributed by atoms with van der Waals surface area (Å²) in [5, 5.41) is 7.58. The van der Waals surface area contributed by atoms with Crippen molar-refractivity contribution in [2.45, 2.75) is 39.3 Å². The maximum atomic E-state index is 4.26. The van der Waals surface area contributed by atoms with Gasteiger partial charge >= 0.3 is 0 Å². The lowest BCUT2D eigenvalue weighted by Crippen LogP contribution is -2.19. The van der Waals surface area contributed by atoms with Crippen molar-refractivity contribution < 1.29 is 0 Å². The molecule has 1 unspecified atom stereocenters. The van der Waals surface area contributed by atoms with Gasteiger partial charge in [-0.05, 0) is 26.5 Å². The zero-order valence-corrected chi connectivity index (χ0v) is 8.75. The Labute approximate surface area is 80.1 Å². The molecule has 1 N–H and O–H groups in total. The van der Waals surface area contributed by atoms with Crippen molar-refractivity contribution >= 4 is 0 Å². The lowest BCUT2D eigenvalue weighted by atomic mass is 10.1. The van der Waals surface area contributed by atoms with Crippen LogP contribution in [0.1, 0.15) is 38.4 Å². The zero-order valence-electron chi connectivity index (χ0n) is 8.75. The van der Waals surface area contributed by atoms with E-state index in [1.165, 1.54) is 18.5 Å². The summed E-state index contributed by atoms with van der Waals surface area (Å²) >= 11 is 0. The van der Waals surface area contributed by atoms with E-state index in [1.807, 2.05) is 13.2 Å². The molecular weight excluding hydrogens is 162 g/mol. The Balaban J connectivity index is 2.77. The molecule has 0 amide bonds. The summed E-state index contributed by atoms with van der Waals surface area (Å²) in [6.07, 6.45) is 4.24. The highest BCUT2D eigenvalue weighted by atomic mass is 15.3. The summed E-state index contributed by atoms with van der Waals surface area (Å²) in [7, 11) is 2.01. The smallest absolute Gasteiger partial charge is 0.0553 e. The fourth-order valence-corrected chi connectivity index (χ4v) is 1.63. The average molecular weight is 181 g/mol. The maximum absolute atomic E-state index is 4.26. The Morgan fingerprint density at radius 1 is 1.54 bits per heavy atom. The van der Waals surface area contributed by atoms with E-state index in [1.54, 1.807) is 0 Å². The number of nitrogens with zero attached hydrogens (tertiary/aromatic N) is 2. The van der Waals surface area contributed by atoms with Crippen LogP contribution in [0.5, 0.6) is 0 Å². The van der Waals surface area contributed by atoms with E-state index in [0.717, 1.165) is 6.54 Å². The van der Waals surface area contributed by atoms with Crippen LogP contribution in [0.3, 0.4) is 0 Å². The number of hydrogen-bond acceptors (Lipinski definition) is 2. The highest BCUT2D eigenvalue weighted by molar-refractivity contribution is 5.06. The second-order valence-corrected chi connectivity index (χ2v) is 3.20. The third-order valence-corrected chi connectivity index (χ3v) is 2.33. The topological polar surface area (TPSA) is 29.9 Å². The molecule has 1 aromatic heterocycles. The summed E-state index contributed by atoms with van der Waals surface area (Å²) in [5.41, 5.74) is 1.30. The molecule has 1 aromatic rings. The minimum absolute atomic E-state index is 0.451. The van der Waals surface area contributed by atoms with E-state index < -0.39 is 0 Å². The summed E-state index contributed by atoms with van der Waals surface area (Å²) < 4.78 is 2.05. The normalized spacial score (nSPS) is 13.2. The van der Waals surface area contributed by atoms with Crippen LogP contribution in [-0.2, 0) is 6.54 Å². The first-order valence-corrected chi connectivity index (χ1v) is 5.02. The molecule has 1 heterocycles. The Morgan fingerprint density at radius 3 is 2.85 bits per heavy atom. The lowest BCUT2D eigenvalue weighted by Gasteiger charge is -2.16. The zero-order chi connectivity index (χ0) is 9.68. The number of rotatable bonds is 5. The Hall–Kier alpha value is -0.830. The summed E-state index contributed by atoms with van der Waals surface area (Å²) in [4.78, 5) is 0. The second-order valence-electron chi connectivity index (χ2n) is 3.20. The Kier molecular flexibility index (Phi) is 3.96. The largest absolute Gasteiger partial charge is 0.312 e. The second kappa shape index (κ2) is 5.02. The quantitative estimate of drug-likeness (QED) is 0.752. The molecule has 13 heavy (non-hydrogen) atoms. The van der Waals surface area contributed by atoms with E-state index in [2.05, 4.69) is 35.0 Å². The number of aromatic nitrogens is 2. The van der Waals surface area contributed by atoms with Gasteiger partial charge in [0.05, 0.1) is 5.69 Å². The van der Waals surface area contributed by atoms with E-state index in [-0.39, 0.29) is 0 Å². The van der Waals surface area contributed by atoms with Gasteiger partial charge < -0.3 is 5.32 Å². The van der Waals surface area contributed by atoms with Gasteiger partial charge in [0.2, 0.25) is 0 Å². The molecule has 0 saturated heterocycles. The van der Waals surface area contributed by atoms with Crippen LogP contribution in [0.15, 0.2) is 12.3 Å². The fraction of sp³-hybridized carbons (Fsp3) is 0.700. The van der Waals surface area contributed by atoms with Crippen molar-refractivity contribution in [2.75, 3.05) is 7.05 Å². The monoisotopic (exact) mass is 181 g/mol. The SMILES string of the molecule is CCCC(NC)c1ccnn1CC. The molecule has 3 nitrogen and oxygen atoms in total. The number of nitrogens with one attached hydrogen (secondary N) is 1. The van der Waals surface area contributed by atoms with Crippen molar-refractivity contribution in [3.63, 3.8) is 0 Å². The highest BCUT2D eigenvalue weighted by Gasteiger charge is 2.11. The molecule has 1 atom stereocenters. The van der Waals surface area contributed by atoms with Gasteiger partial charge in [-0.15, -0.1) is 0 Å². The molecule has 0 aliphatic carbocycles. The van der Waals surface area contributed by atoms with Crippen molar-refractivity contribution in [3.05, 3.63) is 18.0 Å². The molecule has 0 bridgehead atoms. The number of hydrogen-bond donors (Lipinski definition) is 1. The van der Waals surface area contributed by atoms with Crippen molar-refractivity contribution in [1.29, 1.82) is 0 Å². The van der Waals surface area contributed by atoms with Gasteiger partial charge in [-0.2, -0.15) is 5.10 Å². The predicted octanol–water partition coefficient (Wildman–Crippen LogP) is 1.96. The molecule has 0 fully saturated rings. The minimum Gasteiger partial charge on any atom is -0.312 e. The van der Waals surface area contributed by atoms with E-state index in [4.69, 9.17) is 0 Å². The van der Waals surface area contributed by atoms with Crippen LogP contribution >= 0.6 is 0 Å². The van der Waals surface area contributed by atoms with Crippen LogP contribution in [0.25, 0.3) is 0 Å². The van der Waals surface area contributed by atoms with Gasteiger partial charge in [0, 0.05) is 18.8 Å². The van der Waals surface area contributed by atoms with Gasteiger partial charge in [-0.3, -0.25) is 4.68 Å². The Morgan fingerprint density at radius 2 is 2.31 bits per heavy atom. The summed E-state index contributed by atoms with van der Waals surface area (Å²) in [5.74, 6) is 0. The maximum Gasteiger partial charge on any atom is 0.0553 e. The summed E-state index contributed by atoms with van der Waals surface area (Å²) in [6, 6.07) is 2.55. The van der Waals surface area contributed by atoms with Crippen LogP contribution in [0, 0.1) is 0 Å². The molecule has 74 valence electrons. The summed E-state index contributed by atoms with van der Waals surface area (Å²) in [6.45, 7) is 5.27. The molecule has 0 saturated carbocycles. The van der Waals surface area contributed by atoms with Crippen molar-refractivity contribution in [2.24, 2.45) is 0 Å². The van der Waals surface area contributed by atoms with Crippen LogP contribution < -0.4 is 5.32 Å². The first-order valence-electron chi connectivity index (χ1n) is 5.02. The molecule has 0 aliphatic rings. The van der Waals surface area contributed by atoms with Gasteiger partial charge in [-0.1, -0.05) is 13.3 Å². The average Bonchev–Trinajstić information content (AvgIpc) is 2.61. The third kappa shape index (κ3) is 2.31. The molecule has 0 radical (unpaired) electrons. The molecular formula is C10H19N3.